The summed E-state index contributed by atoms with van der Waals surface area (Å²) in [6.45, 7) is 10.6. The van der Waals surface area contributed by atoms with Gasteiger partial charge in [0.05, 0.1) is 11.4 Å². The molecule has 0 bridgehead atoms. The molecule has 0 fully saturated rings. The number of benzene rings is 1. The lowest BCUT2D eigenvalue weighted by Crippen LogP contribution is -2.27. The summed E-state index contributed by atoms with van der Waals surface area (Å²) < 4.78 is 5.26. The quantitative estimate of drug-likeness (QED) is 0.829. The Morgan fingerprint density at radius 2 is 2.00 bits per heavy atom. The van der Waals surface area contributed by atoms with Crippen molar-refractivity contribution in [3.05, 3.63) is 17.7 Å². The van der Waals surface area contributed by atoms with Gasteiger partial charge in [0.25, 0.3) is 0 Å². The third kappa shape index (κ3) is 5.17. The molecule has 3 N–H and O–H groups in total. The molecule has 0 atom stereocenters. The summed E-state index contributed by atoms with van der Waals surface area (Å²) >= 11 is 0. The SMILES string of the molecule is CCCN(C)c1cc(NC(=O)OC(C)(C)C)c(N)cc1C. The number of nitrogens with zero attached hydrogens (tertiary/aromatic N) is 1. The van der Waals surface area contributed by atoms with Crippen LogP contribution < -0.4 is 16.0 Å². The summed E-state index contributed by atoms with van der Waals surface area (Å²) in [7, 11) is 2.03. The van der Waals surface area contributed by atoms with Gasteiger partial charge in [0.15, 0.2) is 0 Å². The topological polar surface area (TPSA) is 67.6 Å². The molecule has 5 nitrogen and oxygen atoms in total. The molecule has 0 heterocycles. The molecule has 1 amide bonds. The molecule has 118 valence electrons. The molecule has 0 aromatic heterocycles. The molecule has 21 heavy (non-hydrogen) atoms. The van der Waals surface area contributed by atoms with Gasteiger partial charge in [-0.1, -0.05) is 6.92 Å². The number of carbonyl (C=O) groups is 1. The predicted octanol–water partition coefficient (Wildman–Crippen LogP) is 3.77. The highest BCUT2D eigenvalue weighted by Crippen LogP contribution is 2.29. The zero-order chi connectivity index (χ0) is 16.2. The van der Waals surface area contributed by atoms with Crippen molar-refractivity contribution in [1.29, 1.82) is 0 Å². The molecule has 0 aliphatic carbocycles. The summed E-state index contributed by atoms with van der Waals surface area (Å²) in [6.07, 6.45) is 0.553. The van der Waals surface area contributed by atoms with Crippen LogP contribution in [-0.2, 0) is 4.74 Å². The average Bonchev–Trinajstić information content (AvgIpc) is 2.30. The lowest BCUT2D eigenvalue weighted by atomic mass is 10.1. The van der Waals surface area contributed by atoms with E-state index in [1.54, 1.807) is 0 Å². The Hall–Kier alpha value is -1.91. The van der Waals surface area contributed by atoms with Gasteiger partial charge in [-0.3, -0.25) is 5.32 Å². The van der Waals surface area contributed by atoms with Crippen LogP contribution in [0.2, 0.25) is 0 Å². The van der Waals surface area contributed by atoms with Gasteiger partial charge in [0.1, 0.15) is 5.60 Å². The van der Waals surface area contributed by atoms with Crippen molar-refractivity contribution < 1.29 is 9.53 Å². The second kappa shape index (κ2) is 6.70. The molecule has 5 heteroatoms. The first kappa shape index (κ1) is 17.1. The van der Waals surface area contributed by atoms with Crippen molar-refractivity contribution in [2.24, 2.45) is 0 Å². The van der Waals surface area contributed by atoms with Gasteiger partial charge in [-0.2, -0.15) is 0 Å². The lowest BCUT2D eigenvalue weighted by Gasteiger charge is -2.24. The first-order chi connectivity index (χ1) is 9.64. The number of nitrogens with two attached hydrogens (primary N) is 1. The molecule has 1 aromatic rings. The highest BCUT2D eigenvalue weighted by Gasteiger charge is 2.18. The Labute approximate surface area is 127 Å². The van der Waals surface area contributed by atoms with Crippen molar-refractivity contribution in [3.63, 3.8) is 0 Å². The van der Waals surface area contributed by atoms with Gasteiger partial charge in [-0.25, -0.2) is 4.79 Å². The van der Waals surface area contributed by atoms with Crippen LogP contribution in [0.5, 0.6) is 0 Å². The van der Waals surface area contributed by atoms with E-state index in [1.165, 1.54) is 0 Å². The fraction of sp³-hybridized carbons (Fsp3) is 0.562. The number of carbonyl (C=O) groups excluding carboxylic acids is 1. The molecule has 0 spiro atoms. The van der Waals surface area contributed by atoms with E-state index in [1.807, 2.05) is 46.9 Å². The Morgan fingerprint density at radius 1 is 1.38 bits per heavy atom. The first-order valence-corrected chi connectivity index (χ1v) is 7.25. The van der Waals surface area contributed by atoms with Gasteiger partial charge >= 0.3 is 6.09 Å². The molecule has 1 rings (SSSR count). The summed E-state index contributed by atoms with van der Waals surface area (Å²) in [5.41, 5.74) is 8.70. The van der Waals surface area contributed by atoms with Crippen LogP contribution in [0.4, 0.5) is 21.9 Å². The van der Waals surface area contributed by atoms with Crippen LogP contribution in [0.25, 0.3) is 0 Å². The normalized spacial score (nSPS) is 11.1. The monoisotopic (exact) mass is 293 g/mol. The number of hydrogen-bond acceptors (Lipinski definition) is 4. The molecule has 0 unspecified atom stereocenters. The predicted molar refractivity (Wildman–Crippen MR) is 89.0 cm³/mol. The van der Waals surface area contributed by atoms with Gasteiger partial charge in [0.2, 0.25) is 0 Å². The third-order valence-electron chi connectivity index (χ3n) is 2.97. The zero-order valence-corrected chi connectivity index (χ0v) is 13.9. The molecule has 1 aromatic carbocycles. The number of rotatable bonds is 4. The maximum Gasteiger partial charge on any atom is 0.412 e. The lowest BCUT2D eigenvalue weighted by molar-refractivity contribution is 0.0636. The molecular formula is C16H27N3O2. The number of ether oxygens (including phenoxy) is 1. The van der Waals surface area contributed by atoms with Crippen LogP contribution in [0.3, 0.4) is 0 Å². The Bertz CT molecular complexity index is 507. The van der Waals surface area contributed by atoms with Gasteiger partial charge < -0.3 is 15.4 Å². The van der Waals surface area contributed by atoms with Gasteiger partial charge in [0, 0.05) is 19.3 Å². The van der Waals surface area contributed by atoms with Gasteiger partial charge in [-0.05, 0) is 51.8 Å². The van der Waals surface area contributed by atoms with E-state index in [4.69, 9.17) is 10.5 Å². The number of nitrogen functional groups attached to an aromatic ring is 1. The Balaban J connectivity index is 2.97. The molecule has 0 radical (unpaired) electrons. The molecular weight excluding hydrogens is 266 g/mol. The largest absolute Gasteiger partial charge is 0.444 e. The minimum absolute atomic E-state index is 0.498. The molecule has 0 saturated heterocycles. The Morgan fingerprint density at radius 3 is 2.52 bits per heavy atom. The van der Waals surface area contributed by atoms with Crippen LogP contribution in [0, 0.1) is 6.92 Å². The maximum atomic E-state index is 11.9. The zero-order valence-electron chi connectivity index (χ0n) is 13.9. The molecule has 0 aliphatic heterocycles. The van der Waals surface area contributed by atoms with Crippen molar-refractivity contribution >= 4 is 23.2 Å². The van der Waals surface area contributed by atoms with E-state index in [2.05, 4.69) is 17.1 Å². The van der Waals surface area contributed by atoms with Gasteiger partial charge in [-0.15, -0.1) is 0 Å². The van der Waals surface area contributed by atoms with E-state index in [-0.39, 0.29) is 0 Å². The average molecular weight is 293 g/mol. The molecule has 0 saturated carbocycles. The summed E-state index contributed by atoms with van der Waals surface area (Å²) in [6, 6.07) is 3.76. The smallest absolute Gasteiger partial charge is 0.412 e. The summed E-state index contributed by atoms with van der Waals surface area (Å²) in [4.78, 5) is 14.0. The van der Waals surface area contributed by atoms with Crippen molar-refractivity contribution in [2.75, 3.05) is 29.5 Å². The Kier molecular flexibility index (Phi) is 5.47. The van der Waals surface area contributed by atoms with E-state index < -0.39 is 11.7 Å². The number of aryl methyl sites for hydroxylation is 1. The highest BCUT2D eigenvalue weighted by molar-refractivity contribution is 5.90. The summed E-state index contributed by atoms with van der Waals surface area (Å²) in [5, 5.41) is 2.72. The van der Waals surface area contributed by atoms with E-state index in [0.717, 1.165) is 24.2 Å². The van der Waals surface area contributed by atoms with Crippen LogP contribution in [0.1, 0.15) is 39.7 Å². The van der Waals surface area contributed by atoms with Crippen molar-refractivity contribution in [3.8, 4) is 0 Å². The van der Waals surface area contributed by atoms with Crippen molar-refractivity contribution in [2.45, 2.75) is 46.6 Å². The molecule has 0 aliphatic rings. The summed E-state index contributed by atoms with van der Waals surface area (Å²) in [5.74, 6) is 0. The first-order valence-electron chi connectivity index (χ1n) is 7.25. The third-order valence-corrected chi connectivity index (χ3v) is 2.97. The van der Waals surface area contributed by atoms with E-state index in [0.29, 0.717) is 11.4 Å². The number of amides is 1. The van der Waals surface area contributed by atoms with Crippen molar-refractivity contribution in [1.82, 2.24) is 0 Å². The standard InChI is InChI=1S/C16H27N3O2/c1-7-8-19(6)14-10-13(12(17)9-11(14)2)18-15(20)21-16(3,4)5/h9-10H,7-8,17H2,1-6H3,(H,18,20). The maximum absolute atomic E-state index is 11.9. The van der Waals surface area contributed by atoms with Crippen LogP contribution in [0.15, 0.2) is 12.1 Å². The highest BCUT2D eigenvalue weighted by atomic mass is 16.6. The second-order valence-electron chi connectivity index (χ2n) is 6.27. The number of anilines is 3. The fourth-order valence-electron chi connectivity index (χ4n) is 2.11. The van der Waals surface area contributed by atoms with E-state index in [9.17, 15) is 4.79 Å². The second-order valence-corrected chi connectivity index (χ2v) is 6.27. The van der Waals surface area contributed by atoms with Crippen LogP contribution >= 0.6 is 0 Å². The fourth-order valence-corrected chi connectivity index (χ4v) is 2.11. The minimum atomic E-state index is -0.536. The number of nitrogens with one attached hydrogen (secondary N) is 1. The van der Waals surface area contributed by atoms with Crippen LogP contribution in [-0.4, -0.2) is 25.3 Å². The van der Waals surface area contributed by atoms with E-state index >= 15 is 0 Å². The minimum Gasteiger partial charge on any atom is -0.444 e. The number of hydrogen-bond donors (Lipinski definition) is 2.